The quantitative estimate of drug-likeness (QED) is 0.621. The number of rotatable bonds is 8. The van der Waals surface area contributed by atoms with Gasteiger partial charge >= 0.3 is 0 Å². The minimum atomic E-state index is -3.88. The van der Waals surface area contributed by atoms with E-state index in [9.17, 15) is 18.0 Å². The number of carbonyl (C=O) groups is 2. The van der Waals surface area contributed by atoms with Crippen LogP contribution in [0.2, 0.25) is 0 Å². The molecule has 0 aliphatic carbocycles. The van der Waals surface area contributed by atoms with Gasteiger partial charge in [-0.25, -0.2) is 8.42 Å². The number of methoxy groups -OCH3 is 2. The number of hydrogen-bond donors (Lipinski definition) is 2. The van der Waals surface area contributed by atoms with Gasteiger partial charge in [0.15, 0.2) is 0 Å². The molecular weight excluding hydrogens is 434 g/mol. The van der Waals surface area contributed by atoms with Crippen molar-refractivity contribution in [1.29, 1.82) is 0 Å². The molecule has 0 saturated heterocycles. The molecule has 0 radical (unpaired) electrons. The first-order chi connectivity index (χ1) is 15.2. The molecule has 32 heavy (non-hydrogen) atoms. The van der Waals surface area contributed by atoms with Crippen molar-refractivity contribution in [3.63, 3.8) is 0 Å². The highest BCUT2D eigenvalue weighted by atomic mass is 32.2. The minimum Gasteiger partial charge on any atom is -0.497 e. The van der Waals surface area contributed by atoms with Gasteiger partial charge in [0, 0.05) is 31.3 Å². The molecule has 0 fully saturated rings. The average Bonchev–Trinajstić information content (AvgIpc) is 2.97. The van der Waals surface area contributed by atoms with E-state index in [0.29, 0.717) is 42.0 Å². The third-order valence-corrected chi connectivity index (χ3v) is 7.04. The Bertz CT molecular complexity index is 1120. The average molecular weight is 462 g/mol. The van der Waals surface area contributed by atoms with Gasteiger partial charge in [0.1, 0.15) is 11.5 Å². The number of aryl methyl sites for hydroxylation is 1. The third-order valence-electron chi connectivity index (χ3n) is 5.24. The number of ether oxygens (including phenoxy) is 2. The van der Waals surface area contributed by atoms with Crippen LogP contribution in [0.25, 0.3) is 0 Å². The summed E-state index contributed by atoms with van der Waals surface area (Å²) >= 11 is 0. The summed E-state index contributed by atoms with van der Waals surface area (Å²) in [5, 5.41) is 5.50. The normalized spacial score (nSPS) is 13.7. The monoisotopic (exact) mass is 461 g/mol. The maximum Gasteiger partial charge on any atom is 0.243 e. The molecule has 10 heteroatoms. The van der Waals surface area contributed by atoms with Gasteiger partial charge < -0.3 is 20.1 Å². The summed E-state index contributed by atoms with van der Waals surface area (Å²) in [6.07, 6.45) is 1.65. The number of likely N-dealkylation sites (N-methyl/N-ethyl adjacent to an activating group) is 1. The summed E-state index contributed by atoms with van der Waals surface area (Å²) in [5.74, 6) is 0.669. The molecule has 172 valence electrons. The predicted octanol–water partition coefficient (Wildman–Crippen LogP) is 1.92. The molecule has 0 spiro atoms. The van der Waals surface area contributed by atoms with E-state index in [1.807, 2.05) is 0 Å². The van der Waals surface area contributed by atoms with E-state index in [1.54, 1.807) is 37.4 Å². The molecule has 2 amide bonds. The largest absolute Gasteiger partial charge is 0.497 e. The molecule has 0 saturated carbocycles. The number of sulfonamides is 1. The van der Waals surface area contributed by atoms with Crippen molar-refractivity contribution < 1.29 is 27.5 Å². The molecule has 0 atom stereocenters. The van der Waals surface area contributed by atoms with Crippen LogP contribution in [0.15, 0.2) is 41.3 Å². The van der Waals surface area contributed by atoms with Crippen molar-refractivity contribution in [3.05, 3.63) is 47.5 Å². The summed E-state index contributed by atoms with van der Waals surface area (Å²) < 4.78 is 37.5. The molecule has 0 bridgehead atoms. The highest BCUT2D eigenvalue weighted by Gasteiger charge is 2.25. The molecule has 2 aromatic rings. The van der Waals surface area contributed by atoms with Crippen molar-refractivity contribution in [1.82, 2.24) is 9.62 Å². The summed E-state index contributed by atoms with van der Waals surface area (Å²) in [7, 11) is 0.541. The number of amides is 2. The fourth-order valence-electron chi connectivity index (χ4n) is 3.45. The van der Waals surface area contributed by atoms with Crippen LogP contribution in [0.1, 0.15) is 24.0 Å². The lowest BCUT2D eigenvalue weighted by Crippen LogP contribution is -2.38. The van der Waals surface area contributed by atoms with Crippen molar-refractivity contribution in [2.45, 2.75) is 30.7 Å². The maximum absolute atomic E-state index is 13.0. The lowest BCUT2D eigenvalue weighted by molar-refractivity contribution is -0.121. The Kier molecular flexibility index (Phi) is 7.37. The van der Waals surface area contributed by atoms with E-state index in [4.69, 9.17) is 9.47 Å². The first-order valence-electron chi connectivity index (χ1n) is 10.1. The van der Waals surface area contributed by atoms with Crippen LogP contribution in [-0.2, 0) is 32.6 Å². The highest BCUT2D eigenvalue weighted by molar-refractivity contribution is 7.89. The maximum atomic E-state index is 13.0. The summed E-state index contributed by atoms with van der Waals surface area (Å²) in [6, 6.07) is 9.82. The smallest absolute Gasteiger partial charge is 0.243 e. The van der Waals surface area contributed by atoms with Crippen LogP contribution in [-0.4, -0.2) is 52.3 Å². The van der Waals surface area contributed by atoms with Crippen molar-refractivity contribution in [3.8, 4) is 11.5 Å². The van der Waals surface area contributed by atoms with Crippen molar-refractivity contribution in [2.24, 2.45) is 0 Å². The van der Waals surface area contributed by atoms with E-state index in [2.05, 4.69) is 10.6 Å². The van der Waals surface area contributed by atoms with Crippen molar-refractivity contribution in [2.75, 3.05) is 33.1 Å². The van der Waals surface area contributed by atoms with Gasteiger partial charge in [0.25, 0.3) is 0 Å². The third kappa shape index (κ3) is 5.38. The van der Waals surface area contributed by atoms with Gasteiger partial charge in [-0.05, 0) is 54.8 Å². The molecule has 2 aromatic carbocycles. The molecule has 0 unspecified atom stereocenters. The molecule has 2 N–H and O–H groups in total. The van der Waals surface area contributed by atoms with Crippen molar-refractivity contribution >= 4 is 27.5 Å². The topological polar surface area (TPSA) is 114 Å². The Morgan fingerprint density at radius 1 is 1.12 bits per heavy atom. The molecule has 3 rings (SSSR count). The Morgan fingerprint density at radius 3 is 2.62 bits per heavy atom. The standard InChI is InChI=1S/C22H27N3O6S/c1-25(14-22(27)23-13-16-11-17(30-2)7-10-20(16)31-3)32(28,29)18-8-9-19-15(12-18)5-4-6-21(26)24-19/h7-12H,4-6,13-14H2,1-3H3,(H,23,27)(H,24,26). The number of nitrogens with one attached hydrogen (secondary N) is 2. The second-order valence-electron chi connectivity index (χ2n) is 7.44. The summed E-state index contributed by atoms with van der Waals surface area (Å²) in [5.41, 5.74) is 2.09. The zero-order valence-electron chi connectivity index (χ0n) is 18.3. The molecule has 1 aliphatic heterocycles. The van der Waals surface area contributed by atoms with Gasteiger partial charge in [-0.2, -0.15) is 4.31 Å². The van der Waals surface area contributed by atoms with E-state index >= 15 is 0 Å². The van der Waals surface area contributed by atoms with Crippen LogP contribution in [0.5, 0.6) is 11.5 Å². The predicted molar refractivity (Wildman–Crippen MR) is 119 cm³/mol. The number of nitrogens with zero attached hydrogens (tertiary/aromatic N) is 1. The number of carbonyl (C=O) groups excluding carboxylic acids is 2. The van der Waals surface area contributed by atoms with Crippen LogP contribution in [0.3, 0.4) is 0 Å². The van der Waals surface area contributed by atoms with Gasteiger partial charge in [-0.3, -0.25) is 9.59 Å². The summed E-state index contributed by atoms with van der Waals surface area (Å²) in [4.78, 5) is 24.2. The lowest BCUT2D eigenvalue weighted by Gasteiger charge is -2.18. The van der Waals surface area contributed by atoms with Gasteiger partial charge in [0.2, 0.25) is 21.8 Å². The van der Waals surface area contributed by atoms with Gasteiger partial charge in [0.05, 0.1) is 25.7 Å². The van der Waals surface area contributed by atoms with Crippen LogP contribution < -0.4 is 20.1 Å². The first kappa shape index (κ1) is 23.6. The van der Waals surface area contributed by atoms with Crippen LogP contribution in [0, 0.1) is 0 Å². The Balaban J connectivity index is 1.67. The summed E-state index contributed by atoms with van der Waals surface area (Å²) in [6.45, 7) is -0.186. The zero-order valence-corrected chi connectivity index (χ0v) is 19.1. The minimum absolute atomic E-state index is 0.0807. The molecular formula is C22H27N3O6S. The van der Waals surface area contributed by atoms with E-state index < -0.39 is 15.9 Å². The second-order valence-corrected chi connectivity index (χ2v) is 9.48. The van der Waals surface area contributed by atoms with E-state index in [-0.39, 0.29) is 23.9 Å². The SMILES string of the molecule is COc1ccc(OC)c(CNC(=O)CN(C)S(=O)(=O)c2ccc3c(c2)CCCC(=O)N3)c1. The Morgan fingerprint density at radius 2 is 1.91 bits per heavy atom. The van der Waals surface area contributed by atoms with Crippen LogP contribution >= 0.6 is 0 Å². The van der Waals surface area contributed by atoms with E-state index in [1.165, 1.54) is 20.2 Å². The van der Waals surface area contributed by atoms with Crippen LogP contribution in [0.4, 0.5) is 5.69 Å². The number of benzene rings is 2. The molecule has 0 aromatic heterocycles. The molecule has 1 heterocycles. The van der Waals surface area contributed by atoms with Gasteiger partial charge in [-0.15, -0.1) is 0 Å². The second kappa shape index (κ2) is 10.0. The molecule has 1 aliphatic rings. The number of anilines is 1. The number of hydrogen-bond acceptors (Lipinski definition) is 6. The Hall–Kier alpha value is -3.11. The zero-order chi connectivity index (χ0) is 23.3. The number of fused-ring (bicyclic) bond motifs is 1. The van der Waals surface area contributed by atoms with Gasteiger partial charge in [-0.1, -0.05) is 0 Å². The first-order valence-corrected chi connectivity index (χ1v) is 11.6. The fraction of sp³-hybridized carbons (Fsp3) is 0.364. The highest BCUT2D eigenvalue weighted by Crippen LogP contribution is 2.27. The Labute approximate surface area is 187 Å². The fourth-order valence-corrected chi connectivity index (χ4v) is 4.63. The molecule has 9 nitrogen and oxygen atoms in total. The lowest BCUT2D eigenvalue weighted by atomic mass is 10.1. The van der Waals surface area contributed by atoms with E-state index in [0.717, 1.165) is 9.87 Å².